The molecule has 1 aliphatic carbocycles. The fourth-order valence-corrected chi connectivity index (χ4v) is 3.29. The quantitative estimate of drug-likeness (QED) is 0.794. The first-order chi connectivity index (χ1) is 10.6. The lowest BCUT2D eigenvalue weighted by atomic mass is 9.94. The van der Waals surface area contributed by atoms with Crippen molar-refractivity contribution in [2.75, 3.05) is 0 Å². The van der Waals surface area contributed by atoms with Gasteiger partial charge in [-0.25, -0.2) is 0 Å². The normalized spacial score (nSPS) is 19.4. The molecule has 0 bridgehead atoms. The largest absolute Gasteiger partial charge is 0.351 e. The highest BCUT2D eigenvalue weighted by atomic mass is 32.1. The summed E-state index contributed by atoms with van der Waals surface area (Å²) in [6.07, 6.45) is 0. The summed E-state index contributed by atoms with van der Waals surface area (Å²) in [6.45, 7) is 2.05. The van der Waals surface area contributed by atoms with Crippen molar-refractivity contribution in [1.82, 2.24) is 10.6 Å². The van der Waals surface area contributed by atoms with Crippen LogP contribution in [-0.4, -0.2) is 10.9 Å². The van der Waals surface area contributed by atoms with Crippen LogP contribution in [0.4, 0.5) is 0 Å². The Hall–Kier alpha value is -2.46. The zero-order valence-electron chi connectivity index (χ0n) is 12.0. The third kappa shape index (κ3) is 1.88. The van der Waals surface area contributed by atoms with Crippen LogP contribution in [0.2, 0.25) is 0 Å². The smallest absolute Gasteiger partial charge is 0.194 e. The zero-order chi connectivity index (χ0) is 15.3. The van der Waals surface area contributed by atoms with Gasteiger partial charge in [0.05, 0.1) is 17.3 Å². The van der Waals surface area contributed by atoms with Crippen LogP contribution in [0.15, 0.2) is 54.1 Å². The molecule has 1 unspecified atom stereocenters. The summed E-state index contributed by atoms with van der Waals surface area (Å²) >= 11 is 5.33. The molecule has 1 aliphatic heterocycles. The van der Waals surface area contributed by atoms with Crippen LogP contribution in [0.25, 0.3) is 5.70 Å². The molecule has 108 valence electrons. The second kappa shape index (κ2) is 4.78. The number of hydrogen-bond acceptors (Lipinski definition) is 2. The van der Waals surface area contributed by atoms with Gasteiger partial charge in [-0.05, 0) is 24.7 Å². The molecule has 2 aliphatic rings. The molecule has 0 aromatic heterocycles. The standard InChI is InChI=1S/C18H14N2OS/c1-10-6-8-11(9-7-10)15-14-16(20-18(22)19-15)12-4-2-3-5-13(12)17(14)21/h2-9,15H,1H3,(H2,19,20,22). The van der Waals surface area contributed by atoms with E-state index in [1.807, 2.05) is 43.3 Å². The highest BCUT2D eigenvalue weighted by Gasteiger charge is 2.38. The number of nitrogens with one attached hydrogen (secondary N) is 2. The Kier molecular flexibility index (Phi) is 2.87. The van der Waals surface area contributed by atoms with E-state index in [4.69, 9.17) is 12.2 Å². The van der Waals surface area contributed by atoms with E-state index >= 15 is 0 Å². The number of hydrogen-bond donors (Lipinski definition) is 2. The molecule has 2 N–H and O–H groups in total. The molecule has 2 aromatic rings. The average molecular weight is 306 g/mol. The summed E-state index contributed by atoms with van der Waals surface area (Å²) in [5, 5.41) is 6.94. The van der Waals surface area contributed by atoms with Gasteiger partial charge in [0.15, 0.2) is 10.9 Å². The third-order valence-electron chi connectivity index (χ3n) is 4.17. The molecule has 22 heavy (non-hydrogen) atoms. The first-order valence-electron chi connectivity index (χ1n) is 7.17. The summed E-state index contributed by atoms with van der Waals surface area (Å²) in [6, 6.07) is 15.6. The molecule has 1 atom stereocenters. The lowest BCUT2D eigenvalue weighted by Crippen LogP contribution is -2.43. The van der Waals surface area contributed by atoms with Crippen LogP contribution in [0, 0.1) is 6.92 Å². The van der Waals surface area contributed by atoms with E-state index in [-0.39, 0.29) is 11.8 Å². The Balaban J connectivity index is 1.88. The van der Waals surface area contributed by atoms with E-state index < -0.39 is 0 Å². The van der Waals surface area contributed by atoms with Gasteiger partial charge in [0.25, 0.3) is 0 Å². The SMILES string of the molecule is Cc1ccc(C2NC(=S)NC3=C2C(=O)c2ccccc23)cc1. The first-order valence-corrected chi connectivity index (χ1v) is 7.58. The number of rotatable bonds is 1. The number of thiocarbonyl (C=S) groups is 1. The van der Waals surface area contributed by atoms with Gasteiger partial charge in [-0.2, -0.15) is 0 Å². The molecule has 0 saturated carbocycles. The lowest BCUT2D eigenvalue weighted by molar-refractivity contribution is 0.103. The Labute approximate surface area is 134 Å². The molecule has 1 heterocycles. The zero-order valence-corrected chi connectivity index (χ0v) is 12.8. The molecular formula is C18H14N2OS. The van der Waals surface area contributed by atoms with Crippen LogP contribution >= 0.6 is 12.2 Å². The molecular weight excluding hydrogens is 292 g/mol. The van der Waals surface area contributed by atoms with Gasteiger partial charge >= 0.3 is 0 Å². The van der Waals surface area contributed by atoms with Gasteiger partial charge in [0.1, 0.15) is 0 Å². The van der Waals surface area contributed by atoms with Crippen molar-refractivity contribution < 1.29 is 4.79 Å². The molecule has 0 radical (unpaired) electrons. The van der Waals surface area contributed by atoms with Gasteiger partial charge < -0.3 is 10.6 Å². The van der Waals surface area contributed by atoms with Crippen molar-refractivity contribution >= 4 is 28.8 Å². The Morgan fingerprint density at radius 1 is 1.00 bits per heavy atom. The maximum absolute atomic E-state index is 12.8. The van der Waals surface area contributed by atoms with Gasteiger partial charge in [-0.3, -0.25) is 4.79 Å². The Morgan fingerprint density at radius 2 is 1.68 bits per heavy atom. The van der Waals surface area contributed by atoms with Crippen LogP contribution in [0.1, 0.15) is 33.1 Å². The van der Waals surface area contributed by atoms with Gasteiger partial charge in [0, 0.05) is 11.1 Å². The molecule has 2 aromatic carbocycles. The fraction of sp³-hybridized carbons (Fsp3) is 0.111. The Morgan fingerprint density at radius 3 is 2.41 bits per heavy atom. The first kappa shape index (κ1) is 13.2. The highest BCUT2D eigenvalue weighted by Crippen LogP contribution is 2.39. The van der Waals surface area contributed by atoms with Crippen LogP contribution in [-0.2, 0) is 0 Å². The predicted octanol–water partition coefficient (Wildman–Crippen LogP) is 3.12. The van der Waals surface area contributed by atoms with Gasteiger partial charge in [0.2, 0.25) is 0 Å². The minimum Gasteiger partial charge on any atom is -0.351 e. The minimum atomic E-state index is -0.204. The number of fused-ring (bicyclic) bond motifs is 2. The summed E-state index contributed by atoms with van der Waals surface area (Å²) in [7, 11) is 0. The Bertz CT molecular complexity index is 836. The average Bonchev–Trinajstić information content (AvgIpc) is 2.81. The number of benzene rings is 2. The van der Waals surface area contributed by atoms with E-state index in [0.717, 1.165) is 28.0 Å². The molecule has 3 nitrogen and oxygen atoms in total. The van der Waals surface area contributed by atoms with Crippen LogP contribution < -0.4 is 10.6 Å². The molecule has 0 saturated heterocycles. The lowest BCUT2D eigenvalue weighted by Gasteiger charge is -2.28. The third-order valence-corrected chi connectivity index (χ3v) is 4.39. The van der Waals surface area contributed by atoms with Crippen molar-refractivity contribution in [3.8, 4) is 0 Å². The van der Waals surface area contributed by atoms with Crippen molar-refractivity contribution in [1.29, 1.82) is 0 Å². The van der Waals surface area contributed by atoms with E-state index in [2.05, 4.69) is 22.8 Å². The van der Waals surface area contributed by atoms with Gasteiger partial charge in [-0.15, -0.1) is 0 Å². The van der Waals surface area contributed by atoms with E-state index in [9.17, 15) is 4.79 Å². The van der Waals surface area contributed by atoms with E-state index in [1.54, 1.807) is 0 Å². The summed E-state index contributed by atoms with van der Waals surface area (Å²) in [5.41, 5.74) is 5.50. The van der Waals surface area contributed by atoms with Crippen molar-refractivity contribution in [2.24, 2.45) is 0 Å². The molecule has 0 fully saturated rings. The summed E-state index contributed by atoms with van der Waals surface area (Å²) in [4.78, 5) is 12.8. The highest BCUT2D eigenvalue weighted by molar-refractivity contribution is 7.80. The maximum atomic E-state index is 12.8. The molecule has 0 spiro atoms. The van der Waals surface area contributed by atoms with Crippen LogP contribution in [0.3, 0.4) is 0 Å². The summed E-state index contributed by atoms with van der Waals surface area (Å²) < 4.78 is 0. The fourth-order valence-electron chi connectivity index (χ4n) is 3.07. The van der Waals surface area contributed by atoms with Crippen molar-refractivity contribution in [2.45, 2.75) is 13.0 Å². The van der Waals surface area contributed by atoms with Crippen LogP contribution in [0.5, 0.6) is 0 Å². The molecule has 0 amide bonds. The number of ketones is 1. The monoisotopic (exact) mass is 306 g/mol. The van der Waals surface area contributed by atoms with E-state index in [0.29, 0.717) is 5.11 Å². The molecule has 4 rings (SSSR count). The van der Waals surface area contributed by atoms with Crippen molar-refractivity contribution in [3.05, 3.63) is 76.4 Å². The minimum absolute atomic E-state index is 0.0682. The number of aryl methyl sites for hydroxylation is 1. The van der Waals surface area contributed by atoms with Gasteiger partial charge in [-0.1, -0.05) is 54.1 Å². The van der Waals surface area contributed by atoms with E-state index in [1.165, 1.54) is 5.56 Å². The summed E-state index contributed by atoms with van der Waals surface area (Å²) in [5.74, 6) is 0.0682. The second-order valence-corrected chi connectivity index (χ2v) is 6.01. The van der Waals surface area contributed by atoms with Crippen molar-refractivity contribution in [3.63, 3.8) is 0 Å². The molecule has 4 heteroatoms. The topological polar surface area (TPSA) is 41.1 Å². The number of carbonyl (C=O) groups excluding carboxylic acids is 1. The predicted molar refractivity (Wildman–Crippen MR) is 90.5 cm³/mol. The maximum Gasteiger partial charge on any atom is 0.194 e. The second-order valence-electron chi connectivity index (χ2n) is 5.61. The number of Topliss-reactive ketones (excluding diaryl/α,β-unsaturated/α-hetero) is 1. The number of carbonyl (C=O) groups is 1.